The molecule has 0 aromatic carbocycles. The van der Waals surface area contributed by atoms with Gasteiger partial charge in [0.25, 0.3) is 0 Å². The predicted octanol–water partition coefficient (Wildman–Crippen LogP) is 2.30. The Balaban J connectivity index is 1.85. The van der Waals surface area contributed by atoms with Crippen molar-refractivity contribution in [2.75, 3.05) is 0 Å². The van der Waals surface area contributed by atoms with Gasteiger partial charge >= 0.3 is 0 Å². The number of hydrogen-bond donors (Lipinski definition) is 0. The minimum atomic E-state index is -3.53. The summed E-state index contributed by atoms with van der Waals surface area (Å²) in [6.45, 7) is 0. The van der Waals surface area contributed by atoms with Crippen LogP contribution in [0.2, 0.25) is 0 Å². The zero-order chi connectivity index (χ0) is 14.0. The lowest BCUT2D eigenvalue weighted by molar-refractivity contribution is 0.412. The van der Waals surface area contributed by atoms with Crippen LogP contribution in [0, 0.1) is 0 Å². The minimum Gasteiger partial charge on any atom is -0.461 e. The van der Waals surface area contributed by atoms with Crippen molar-refractivity contribution >= 4 is 9.84 Å². The Morgan fingerprint density at radius 2 is 2.00 bits per heavy atom. The average molecular weight is 290 g/mol. The van der Waals surface area contributed by atoms with Gasteiger partial charge in [0.2, 0.25) is 15.6 Å². The average Bonchev–Trinajstić information content (AvgIpc) is 3.10. The van der Waals surface area contributed by atoms with Crippen LogP contribution in [-0.4, -0.2) is 18.6 Å². The van der Waals surface area contributed by atoms with E-state index >= 15 is 0 Å². The lowest BCUT2D eigenvalue weighted by atomic mass is 10.3. The number of nitrogens with zero attached hydrogens (tertiary/aromatic N) is 2. The fraction of sp³-hybridized carbons (Fsp3) is 0.0769. The van der Waals surface area contributed by atoms with Crippen LogP contribution in [0.3, 0.4) is 0 Å². The van der Waals surface area contributed by atoms with Gasteiger partial charge in [-0.15, -0.1) is 0 Å². The van der Waals surface area contributed by atoms with E-state index in [4.69, 9.17) is 8.94 Å². The molecule has 20 heavy (non-hydrogen) atoms. The molecule has 0 atom stereocenters. The number of hydrogen-bond acceptors (Lipinski definition) is 6. The second-order valence-electron chi connectivity index (χ2n) is 4.09. The zero-order valence-corrected chi connectivity index (χ0v) is 11.1. The van der Waals surface area contributed by atoms with E-state index < -0.39 is 9.84 Å². The largest absolute Gasteiger partial charge is 0.461 e. The first-order valence-corrected chi connectivity index (χ1v) is 7.44. The molecule has 0 N–H and O–H groups in total. The Kier molecular flexibility index (Phi) is 3.11. The molecule has 7 heteroatoms. The Hall–Kier alpha value is -2.41. The van der Waals surface area contributed by atoms with Gasteiger partial charge in [0.15, 0.2) is 10.8 Å². The standard InChI is InChI=1S/C13H10N2O4S/c16-20(17,13-5-1-2-6-14-13)9-10-8-12(19-15-10)11-4-3-7-18-11/h1-8H,9H2. The van der Waals surface area contributed by atoms with Crippen LogP contribution in [0.15, 0.2) is 62.8 Å². The van der Waals surface area contributed by atoms with E-state index in [1.165, 1.54) is 18.5 Å². The maximum atomic E-state index is 12.1. The van der Waals surface area contributed by atoms with Crippen LogP contribution >= 0.6 is 0 Å². The van der Waals surface area contributed by atoms with Crippen molar-refractivity contribution in [2.24, 2.45) is 0 Å². The van der Waals surface area contributed by atoms with Gasteiger partial charge in [-0.25, -0.2) is 13.4 Å². The number of sulfone groups is 1. The van der Waals surface area contributed by atoms with Crippen LogP contribution in [-0.2, 0) is 15.6 Å². The highest BCUT2D eigenvalue weighted by Gasteiger charge is 2.20. The van der Waals surface area contributed by atoms with Gasteiger partial charge in [0.05, 0.1) is 12.0 Å². The van der Waals surface area contributed by atoms with Crippen LogP contribution in [0.5, 0.6) is 0 Å². The topological polar surface area (TPSA) is 86.2 Å². The minimum absolute atomic E-state index is 0.0162. The van der Waals surface area contributed by atoms with Gasteiger partial charge in [-0.1, -0.05) is 11.2 Å². The lowest BCUT2D eigenvalue weighted by Gasteiger charge is -1.99. The summed E-state index contributed by atoms with van der Waals surface area (Å²) < 4.78 is 34.5. The fourth-order valence-electron chi connectivity index (χ4n) is 1.71. The van der Waals surface area contributed by atoms with E-state index in [0.29, 0.717) is 17.2 Å². The first-order valence-electron chi connectivity index (χ1n) is 5.78. The van der Waals surface area contributed by atoms with Crippen molar-refractivity contribution in [2.45, 2.75) is 10.8 Å². The monoisotopic (exact) mass is 290 g/mol. The molecule has 0 aliphatic carbocycles. The smallest absolute Gasteiger partial charge is 0.202 e. The summed E-state index contributed by atoms with van der Waals surface area (Å²) in [5.74, 6) is 0.619. The van der Waals surface area contributed by atoms with Crippen LogP contribution in [0.1, 0.15) is 5.69 Å². The molecule has 3 aromatic heterocycles. The number of aromatic nitrogens is 2. The molecule has 0 fully saturated rings. The van der Waals surface area contributed by atoms with E-state index in [-0.39, 0.29) is 10.8 Å². The van der Waals surface area contributed by atoms with E-state index in [0.717, 1.165) is 0 Å². The fourth-order valence-corrected chi connectivity index (χ4v) is 2.90. The predicted molar refractivity (Wildman–Crippen MR) is 69.3 cm³/mol. The van der Waals surface area contributed by atoms with Gasteiger partial charge in [0, 0.05) is 12.3 Å². The van der Waals surface area contributed by atoms with Gasteiger partial charge in [0.1, 0.15) is 5.75 Å². The molecule has 0 saturated carbocycles. The van der Waals surface area contributed by atoms with Gasteiger partial charge in [-0.2, -0.15) is 0 Å². The van der Waals surface area contributed by atoms with E-state index in [1.54, 1.807) is 30.3 Å². The van der Waals surface area contributed by atoms with Crippen molar-refractivity contribution in [1.29, 1.82) is 0 Å². The molecule has 102 valence electrons. The second kappa shape index (κ2) is 4.93. The van der Waals surface area contributed by atoms with E-state index in [9.17, 15) is 8.42 Å². The molecule has 0 aliphatic heterocycles. The maximum Gasteiger partial charge on any atom is 0.202 e. The third kappa shape index (κ3) is 2.48. The Morgan fingerprint density at radius 3 is 2.70 bits per heavy atom. The molecule has 6 nitrogen and oxygen atoms in total. The third-order valence-electron chi connectivity index (χ3n) is 2.62. The molecule has 0 saturated heterocycles. The second-order valence-corrected chi connectivity index (χ2v) is 6.02. The molecule has 0 spiro atoms. The number of rotatable bonds is 4. The van der Waals surface area contributed by atoms with Crippen LogP contribution in [0.25, 0.3) is 11.5 Å². The van der Waals surface area contributed by atoms with E-state index in [1.807, 2.05) is 0 Å². The van der Waals surface area contributed by atoms with Crippen molar-refractivity contribution in [3.05, 3.63) is 54.6 Å². The Morgan fingerprint density at radius 1 is 1.10 bits per heavy atom. The summed E-state index contributed by atoms with van der Waals surface area (Å²) in [4.78, 5) is 3.84. The summed E-state index contributed by atoms with van der Waals surface area (Å²) in [6.07, 6.45) is 2.94. The molecule has 3 heterocycles. The number of pyridine rings is 1. The Labute approximate surface area is 115 Å². The normalized spacial score (nSPS) is 11.6. The first kappa shape index (κ1) is 12.6. The molecule has 0 radical (unpaired) electrons. The van der Waals surface area contributed by atoms with Gasteiger partial charge < -0.3 is 8.94 Å². The quantitative estimate of drug-likeness (QED) is 0.732. The number of furan rings is 1. The highest BCUT2D eigenvalue weighted by atomic mass is 32.2. The van der Waals surface area contributed by atoms with Crippen molar-refractivity contribution in [3.8, 4) is 11.5 Å². The molecule has 0 unspecified atom stereocenters. The van der Waals surface area contributed by atoms with Crippen LogP contribution < -0.4 is 0 Å². The van der Waals surface area contributed by atoms with Gasteiger partial charge in [-0.3, -0.25) is 0 Å². The molecule has 0 amide bonds. The van der Waals surface area contributed by atoms with Crippen molar-refractivity contribution < 1.29 is 17.4 Å². The van der Waals surface area contributed by atoms with Crippen LogP contribution in [0.4, 0.5) is 0 Å². The Bertz CT molecular complexity index is 792. The molecule has 3 rings (SSSR count). The highest BCUT2D eigenvalue weighted by Crippen LogP contribution is 2.22. The van der Waals surface area contributed by atoms with E-state index in [2.05, 4.69) is 10.1 Å². The summed E-state index contributed by atoms with van der Waals surface area (Å²) in [5, 5.41) is 3.76. The summed E-state index contributed by atoms with van der Waals surface area (Å²) in [6, 6.07) is 9.68. The van der Waals surface area contributed by atoms with Crippen molar-refractivity contribution in [3.63, 3.8) is 0 Å². The third-order valence-corrected chi connectivity index (χ3v) is 4.17. The molecular formula is C13H10N2O4S. The summed E-state index contributed by atoms with van der Waals surface area (Å²) in [7, 11) is -3.53. The molecular weight excluding hydrogens is 280 g/mol. The highest BCUT2D eigenvalue weighted by molar-refractivity contribution is 7.90. The zero-order valence-electron chi connectivity index (χ0n) is 10.3. The lowest BCUT2D eigenvalue weighted by Crippen LogP contribution is -2.06. The SMILES string of the molecule is O=S(=O)(Cc1cc(-c2ccco2)on1)c1ccccn1. The first-order chi connectivity index (χ1) is 9.65. The summed E-state index contributed by atoms with van der Waals surface area (Å²) in [5.41, 5.74) is 0.307. The molecule has 0 aliphatic rings. The summed E-state index contributed by atoms with van der Waals surface area (Å²) >= 11 is 0. The van der Waals surface area contributed by atoms with Gasteiger partial charge in [-0.05, 0) is 24.3 Å². The molecule has 0 bridgehead atoms. The molecule has 3 aromatic rings. The maximum absolute atomic E-state index is 12.1. The van der Waals surface area contributed by atoms with Crippen molar-refractivity contribution in [1.82, 2.24) is 10.1 Å².